The lowest BCUT2D eigenvalue weighted by molar-refractivity contribution is -0.0921. The first kappa shape index (κ1) is 14.5. The van der Waals surface area contributed by atoms with Crippen molar-refractivity contribution in [2.75, 3.05) is 19.0 Å². The van der Waals surface area contributed by atoms with Crippen LogP contribution in [0.4, 0.5) is 10.2 Å². The Kier molecular flexibility index (Phi) is 3.76. The van der Waals surface area contributed by atoms with Gasteiger partial charge in [-0.05, 0) is 6.07 Å². The van der Waals surface area contributed by atoms with E-state index in [4.69, 9.17) is 16.9 Å². The first-order chi connectivity index (χ1) is 9.49. The van der Waals surface area contributed by atoms with E-state index in [2.05, 4.69) is 10.9 Å². The maximum atomic E-state index is 13.2. The SMILES string of the molecule is C#C[C@]1(CO)O[C@@H](n2ccc(N)nc2=O)[C@@H](CF)[C@@H]1O. The normalized spacial score (nSPS) is 33.0. The quantitative estimate of drug-likeness (QED) is 0.592. The molecule has 0 unspecified atom stereocenters. The van der Waals surface area contributed by atoms with Crippen LogP contribution in [0, 0.1) is 18.3 Å². The van der Waals surface area contributed by atoms with E-state index >= 15 is 0 Å². The first-order valence-electron chi connectivity index (χ1n) is 5.84. The molecule has 1 saturated heterocycles. The fourth-order valence-corrected chi connectivity index (χ4v) is 2.21. The Morgan fingerprint density at radius 3 is 2.90 bits per heavy atom. The number of alkyl halides is 1. The minimum Gasteiger partial charge on any atom is -0.392 e. The summed E-state index contributed by atoms with van der Waals surface area (Å²) in [6, 6.07) is 1.33. The van der Waals surface area contributed by atoms with Gasteiger partial charge in [-0.2, -0.15) is 4.98 Å². The van der Waals surface area contributed by atoms with Crippen LogP contribution in [0.25, 0.3) is 0 Å². The van der Waals surface area contributed by atoms with E-state index in [1.165, 1.54) is 12.3 Å². The zero-order valence-corrected chi connectivity index (χ0v) is 10.4. The summed E-state index contributed by atoms with van der Waals surface area (Å²) in [5.74, 6) is 1.03. The molecule has 0 bridgehead atoms. The predicted octanol–water partition coefficient (Wildman–Crippen LogP) is -1.33. The largest absolute Gasteiger partial charge is 0.392 e. The lowest BCUT2D eigenvalue weighted by Crippen LogP contribution is -2.43. The first-order valence-corrected chi connectivity index (χ1v) is 5.84. The van der Waals surface area contributed by atoms with Gasteiger partial charge in [0, 0.05) is 6.20 Å². The van der Waals surface area contributed by atoms with Crippen LogP contribution in [0.5, 0.6) is 0 Å². The Morgan fingerprint density at radius 1 is 1.70 bits per heavy atom. The number of hydrogen-bond acceptors (Lipinski definition) is 6. The van der Waals surface area contributed by atoms with Gasteiger partial charge in [-0.15, -0.1) is 6.42 Å². The van der Waals surface area contributed by atoms with E-state index < -0.39 is 42.8 Å². The topological polar surface area (TPSA) is 111 Å². The molecule has 4 atom stereocenters. The summed E-state index contributed by atoms with van der Waals surface area (Å²) < 4.78 is 19.5. The summed E-state index contributed by atoms with van der Waals surface area (Å²) in [5.41, 5.74) is 2.86. The lowest BCUT2D eigenvalue weighted by atomic mass is 9.91. The average Bonchev–Trinajstić information content (AvgIpc) is 2.71. The maximum Gasteiger partial charge on any atom is 0.351 e. The van der Waals surface area contributed by atoms with Crippen molar-refractivity contribution in [2.45, 2.75) is 17.9 Å². The van der Waals surface area contributed by atoms with Crippen molar-refractivity contribution in [3.05, 3.63) is 22.7 Å². The molecular formula is C12H14FN3O4. The van der Waals surface area contributed by atoms with Gasteiger partial charge in [0.1, 0.15) is 18.1 Å². The highest BCUT2D eigenvalue weighted by molar-refractivity contribution is 5.24. The number of aliphatic hydroxyl groups excluding tert-OH is 2. The van der Waals surface area contributed by atoms with Gasteiger partial charge in [0.25, 0.3) is 0 Å². The van der Waals surface area contributed by atoms with E-state index in [1.54, 1.807) is 0 Å². The summed E-state index contributed by atoms with van der Waals surface area (Å²) in [5, 5.41) is 19.4. The molecule has 0 saturated carbocycles. The molecule has 1 fully saturated rings. The number of aliphatic hydroxyl groups is 2. The summed E-state index contributed by atoms with van der Waals surface area (Å²) in [6.45, 7) is -1.68. The summed E-state index contributed by atoms with van der Waals surface area (Å²) in [7, 11) is 0. The molecule has 1 aromatic rings. The highest BCUT2D eigenvalue weighted by Crippen LogP contribution is 2.40. The molecule has 1 aromatic heterocycles. The maximum absolute atomic E-state index is 13.2. The van der Waals surface area contributed by atoms with Crippen LogP contribution >= 0.6 is 0 Å². The monoisotopic (exact) mass is 283 g/mol. The van der Waals surface area contributed by atoms with Crippen molar-refractivity contribution in [1.29, 1.82) is 0 Å². The number of rotatable bonds is 3. The number of ether oxygens (including phenoxy) is 1. The van der Waals surface area contributed by atoms with Crippen LogP contribution in [-0.4, -0.2) is 44.8 Å². The summed E-state index contributed by atoms with van der Waals surface area (Å²) >= 11 is 0. The smallest absolute Gasteiger partial charge is 0.351 e. The molecule has 0 aliphatic carbocycles. The summed E-state index contributed by atoms with van der Waals surface area (Å²) in [4.78, 5) is 15.3. The highest BCUT2D eigenvalue weighted by Gasteiger charge is 2.54. The third-order valence-electron chi connectivity index (χ3n) is 3.36. The van der Waals surface area contributed by atoms with Crippen molar-refractivity contribution in [3.8, 4) is 12.3 Å². The molecule has 20 heavy (non-hydrogen) atoms. The van der Waals surface area contributed by atoms with E-state index in [9.17, 15) is 19.4 Å². The zero-order valence-electron chi connectivity index (χ0n) is 10.4. The van der Waals surface area contributed by atoms with Gasteiger partial charge in [0.15, 0.2) is 5.60 Å². The highest BCUT2D eigenvalue weighted by atomic mass is 19.1. The average molecular weight is 283 g/mol. The third kappa shape index (κ3) is 2.06. The van der Waals surface area contributed by atoms with Gasteiger partial charge in [-0.3, -0.25) is 8.96 Å². The molecular weight excluding hydrogens is 269 g/mol. The number of terminal acetylenes is 1. The third-order valence-corrected chi connectivity index (χ3v) is 3.36. The van der Waals surface area contributed by atoms with Crippen LogP contribution in [0.3, 0.4) is 0 Å². The molecule has 2 heterocycles. The summed E-state index contributed by atoms with van der Waals surface area (Å²) in [6.07, 6.45) is 3.91. The second-order valence-electron chi connectivity index (χ2n) is 4.51. The van der Waals surface area contributed by atoms with Crippen LogP contribution in [0.1, 0.15) is 6.23 Å². The van der Waals surface area contributed by atoms with Crippen LogP contribution in [0.2, 0.25) is 0 Å². The minimum atomic E-state index is -1.75. The van der Waals surface area contributed by atoms with Gasteiger partial charge in [-0.1, -0.05) is 5.92 Å². The fraction of sp³-hybridized carbons (Fsp3) is 0.500. The van der Waals surface area contributed by atoms with Crippen molar-refractivity contribution < 1.29 is 19.3 Å². The molecule has 4 N–H and O–H groups in total. The Balaban J connectivity index is 2.47. The number of hydrogen-bond donors (Lipinski definition) is 3. The Hall–Kier alpha value is -1.95. The van der Waals surface area contributed by atoms with E-state index in [1.807, 2.05) is 0 Å². The predicted molar refractivity (Wildman–Crippen MR) is 67.2 cm³/mol. The molecule has 1 aliphatic rings. The number of aromatic nitrogens is 2. The van der Waals surface area contributed by atoms with Gasteiger partial charge in [0.2, 0.25) is 0 Å². The molecule has 1 aliphatic heterocycles. The minimum absolute atomic E-state index is 0.00645. The van der Waals surface area contributed by atoms with Crippen molar-refractivity contribution in [1.82, 2.24) is 9.55 Å². The van der Waals surface area contributed by atoms with E-state index in [-0.39, 0.29) is 5.82 Å². The zero-order chi connectivity index (χ0) is 14.9. The molecule has 0 radical (unpaired) electrons. The van der Waals surface area contributed by atoms with E-state index in [0.717, 1.165) is 4.57 Å². The number of halogens is 1. The van der Waals surface area contributed by atoms with Crippen LogP contribution in [0.15, 0.2) is 17.1 Å². The number of nitrogen functional groups attached to an aromatic ring is 1. The molecule has 0 amide bonds. The second-order valence-corrected chi connectivity index (χ2v) is 4.51. The Labute approximate surface area is 113 Å². The van der Waals surface area contributed by atoms with Crippen molar-refractivity contribution in [2.24, 2.45) is 5.92 Å². The van der Waals surface area contributed by atoms with Gasteiger partial charge < -0.3 is 20.7 Å². The van der Waals surface area contributed by atoms with Gasteiger partial charge in [-0.25, -0.2) is 4.79 Å². The van der Waals surface area contributed by atoms with Gasteiger partial charge >= 0.3 is 5.69 Å². The Morgan fingerprint density at radius 2 is 2.40 bits per heavy atom. The second kappa shape index (κ2) is 5.20. The molecule has 7 nitrogen and oxygen atoms in total. The van der Waals surface area contributed by atoms with Crippen LogP contribution < -0.4 is 11.4 Å². The van der Waals surface area contributed by atoms with Gasteiger partial charge in [0.05, 0.1) is 19.2 Å². The molecule has 108 valence electrons. The number of anilines is 1. The van der Waals surface area contributed by atoms with Crippen molar-refractivity contribution in [3.63, 3.8) is 0 Å². The number of nitrogens with zero attached hydrogens (tertiary/aromatic N) is 2. The molecule has 2 rings (SSSR count). The van der Waals surface area contributed by atoms with Crippen LogP contribution in [-0.2, 0) is 4.74 Å². The Bertz CT molecular complexity index is 599. The molecule has 0 spiro atoms. The lowest BCUT2D eigenvalue weighted by Gasteiger charge is -2.23. The standard InChI is InChI=1S/C12H14FN3O4/c1-2-12(6-17)9(18)7(5-13)10(20-12)16-4-3-8(14)15-11(16)19/h1,3-4,7,9-10,17-18H,5-6H2,(H2,14,15,19)/t7-,9-,10+,12+/m0/s1. The van der Waals surface area contributed by atoms with Crippen molar-refractivity contribution >= 4 is 5.82 Å². The molecule has 0 aromatic carbocycles. The molecule has 8 heteroatoms. The fourth-order valence-electron chi connectivity index (χ4n) is 2.21. The number of nitrogens with two attached hydrogens (primary N) is 1. The van der Waals surface area contributed by atoms with E-state index in [0.29, 0.717) is 0 Å².